The third-order valence-electron chi connectivity index (χ3n) is 3.70. The molecule has 126 valence electrons. The monoisotopic (exact) mass is 334 g/mol. The van der Waals surface area contributed by atoms with Gasteiger partial charge in [0.15, 0.2) is 11.6 Å². The maximum Gasteiger partial charge on any atom is 0.163 e. The van der Waals surface area contributed by atoms with Gasteiger partial charge in [-0.15, -0.1) is 0 Å². The molecule has 2 aromatic carbocycles. The number of aromatic nitrogens is 2. The molecule has 0 aliphatic heterocycles. The van der Waals surface area contributed by atoms with Crippen LogP contribution in [-0.2, 0) is 6.61 Å². The van der Waals surface area contributed by atoms with Gasteiger partial charge in [0.2, 0.25) is 0 Å². The van der Waals surface area contributed by atoms with Crippen LogP contribution >= 0.6 is 0 Å². The molecule has 5 nitrogen and oxygen atoms in total. The van der Waals surface area contributed by atoms with Crippen molar-refractivity contribution in [1.82, 2.24) is 9.97 Å². The van der Waals surface area contributed by atoms with Gasteiger partial charge in [0.1, 0.15) is 18.1 Å². The third kappa shape index (κ3) is 3.83. The van der Waals surface area contributed by atoms with E-state index in [-0.39, 0.29) is 12.4 Å². The Hall–Kier alpha value is -3.21. The first-order valence-corrected chi connectivity index (χ1v) is 7.87. The molecule has 5 heteroatoms. The first-order valence-electron chi connectivity index (χ1n) is 7.87. The largest absolute Gasteiger partial charge is 0.496 e. The van der Waals surface area contributed by atoms with Crippen LogP contribution in [0.1, 0.15) is 23.0 Å². The van der Waals surface area contributed by atoms with Crippen LogP contribution in [-0.4, -0.2) is 22.9 Å². The van der Waals surface area contributed by atoms with E-state index in [0.717, 1.165) is 5.56 Å². The second-order valence-corrected chi connectivity index (χ2v) is 5.41. The van der Waals surface area contributed by atoms with Crippen molar-refractivity contribution in [2.45, 2.75) is 13.5 Å². The Morgan fingerprint density at radius 3 is 2.48 bits per heavy atom. The molecule has 0 fully saturated rings. The molecular formula is C20H18N2O3. The van der Waals surface area contributed by atoms with E-state index in [2.05, 4.69) is 9.97 Å². The molecule has 0 aliphatic rings. The lowest BCUT2D eigenvalue weighted by molar-refractivity contribution is 0.101. The maximum atomic E-state index is 11.7. The maximum absolute atomic E-state index is 11.7. The molecule has 0 spiro atoms. The normalized spacial score (nSPS) is 10.3. The lowest BCUT2D eigenvalue weighted by Crippen LogP contribution is -2.04. The Kier molecular flexibility index (Phi) is 5.04. The van der Waals surface area contributed by atoms with E-state index < -0.39 is 0 Å². The van der Waals surface area contributed by atoms with E-state index in [0.29, 0.717) is 28.6 Å². The summed E-state index contributed by atoms with van der Waals surface area (Å²) in [6, 6.07) is 16.5. The minimum absolute atomic E-state index is 0.0343. The van der Waals surface area contributed by atoms with Crippen molar-refractivity contribution in [3.63, 3.8) is 0 Å². The van der Waals surface area contributed by atoms with Crippen LogP contribution in [0.2, 0.25) is 0 Å². The predicted molar refractivity (Wildman–Crippen MR) is 94.8 cm³/mol. The Bertz CT molecular complexity index is 893. The van der Waals surface area contributed by atoms with Crippen molar-refractivity contribution in [2.24, 2.45) is 0 Å². The number of hydrogen-bond donors (Lipinski definition) is 0. The first kappa shape index (κ1) is 16.6. The summed E-state index contributed by atoms with van der Waals surface area (Å²) in [5, 5.41) is 0. The standard InChI is InChI=1S/C20H18N2O3/c1-14(23)16-7-3-6-10-19(16)25-13-15-11-12-21-20(22-15)17-8-4-5-9-18(17)24-2/h3-12H,13H2,1-2H3. The summed E-state index contributed by atoms with van der Waals surface area (Å²) in [4.78, 5) is 20.5. The van der Waals surface area contributed by atoms with Crippen LogP contribution in [0.25, 0.3) is 11.4 Å². The van der Waals surface area contributed by atoms with Crippen LogP contribution in [0.15, 0.2) is 60.8 Å². The molecule has 0 bridgehead atoms. The lowest BCUT2D eigenvalue weighted by Gasteiger charge is -2.11. The SMILES string of the molecule is COc1ccccc1-c1nccc(COc2ccccc2C(C)=O)n1. The quantitative estimate of drug-likeness (QED) is 0.639. The number of nitrogens with zero attached hydrogens (tertiary/aromatic N) is 2. The average molecular weight is 334 g/mol. The Morgan fingerprint density at radius 2 is 1.72 bits per heavy atom. The Labute approximate surface area is 146 Å². The number of benzene rings is 2. The van der Waals surface area contributed by atoms with Crippen LogP contribution in [0, 0.1) is 0 Å². The molecule has 3 rings (SSSR count). The second-order valence-electron chi connectivity index (χ2n) is 5.41. The smallest absolute Gasteiger partial charge is 0.163 e. The van der Waals surface area contributed by atoms with Crippen LogP contribution in [0.3, 0.4) is 0 Å². The molecule has 0 unspecified atom stereocenters. The van der Waals surface area contributed by atoms with Gasteiger partial charge in [-0.05, 0) is 37.3 Å². The van der Waals surface area contributed by atoms with Gasteiger partial charge in [0, 0.05) is 6.20 Å². The van der Waals surface area contributed by atoms with Crippen molar-refractivity contribution in [3.05, 3.63) is 72.1 Å². The van der Waals surface area contributed by atoms with Gasteiger partial charge in [-0.25, -0.2) is 9.97 Å². The summed E-state index contributed by atoms with van der Waals surface area (Å²) in [6.45, 7) is 1.77. The number of ether oxygens (including phenoxy) is 2. The van der Waals surface area contributed by atoms with E-state index in [1.165, 1.54) is 6.92 Å². The summed E-state index contributed by atoms with van der Waals surface area (Å²) < 4.78 is 11.2. The molecule has 0 aliphatic carbocycles. The second kappa shape index (κ2) is 7.57. The highest BCUT2D eigenvalue weighted by atomic mass is 16.5. The highest BCUT2D eigenvalue weighted by molar-refractivity contribution is 5.96. The molecule has 0 saturated heterocycles. The zero-order valence-electron chi connectivity index (χ0n) is 14.1. The number of ketones is 1. The fourth-order valence-corrected chi connectivity index (χ4v) is 2.47. The highest BCUT2D eigenvalue weighted by Crippen LogP contribution is 2.27. The molecule has 0 saturated carbocycles. The number of methoxy groups -OCH3 is 1. The van der Waals surface area contributed by atoms with Crippen LogP contribution < -0.4 is 9.47 Å². The van der Waals surface area contributed by atoms with Crippen molar-refractivity contribution < 1.29 is 14.3 Å². The van der Waals surface area contributed by atoms with E-state index in [9.17, 15) is 4.79 Å². The van der Waals surface area contributed by atoms with Crippen molar-refractivity contribution in [1.29, 1.82) is 0 Å². The average Bonchev–Trinajstić information content (AvgIpc) is 2.66. The molecule has 25 heavy (non-hydrogen) atoms. The van der Waals surface area contributed by atoms with E-state index in [1.54, 1.807) is 31.5 Å². The molecule has 1 aromatic heterocycles. The van der Waals surface area contributed by atoms with Crippen LogP contribution in [0.5, 0.6) is 11.5 Å². The lowest BCUT2D eigenvalue weighted by atomic mass is 10.1. The summed E-state index contributed by atoms with van der Waals surface area (Å²) in [7, 11) is 1.62. The minimum Gasteiger partial charge on any atom is -0.496 e. The molecule has 0 radical (unpaired) electrons. The summed E-state index contributed by atoms with van der Waals surface area (Å²) >= 11 is 0. The van der Waals surface area contributed by atoms with Crippen molar-refractivity contribution in [2.75, 3.05) is 7.11 Å². The topological polar surface area (TPSA) is 61.3 Å². The van der Waals surface area contributed by atoms with Gasteiger partial charge in [0.25, 0.3) is 0 Å². The zero-order valence-corrected chi connectivity index (χ0v) is 14.1. The van der Waals surface area contributed by atoms with Crippen molar-refractivity contribution >= 4 is 5.78 Å². The van der Waals surface area contributed by atoms with Crippen molar-refractivity contribution in [3.8, 4) is 22.9 Å². The van der Waals surface area contributed by atoms with Gasteiger partial charge in [-0.3, -0.25) is 4.79 Å². The number of hydrogen-bond acceptors (Lipinski definition) is 5. The number of Topliss-reactive ketones (excluding diaryl/α,β-unsaturated/α-hetero) is 1. The number of carbonyl (C=O) groups is 1. The fourth-order valence-electron chi connectivity index (χ4n) is 2.47. The third-order valence-corrected chi connectivity index (χ3v) is 3.70. The number of rotatable bonds is 6. The molecular weight excluding hydrogens is 316 g/mol. The van der Waals surface area contributed by atoms with Gasteiger partial charge in [0.05, 0.1) is 23.9 Å². The molecule has 3 aromatic rings. The molecule has 0 amide bonds. The van der Waals surface area contributed by atoms with E-state index in [4.69, 9.17) is 9.47 Å². The van der Waals surface area contributed by atoms with Gasteiger partial charge >= 0.3 is 0 Å². The highest BCUT2D eigenvalue weighted by Gasteiger charge is 2.10. The van der Waals surface area contributed by atoms with E-state index >= 15 is 0 Å². The van der Waals surface area contributed by atoms with Gasteiger partial charge in [-0.1, -0.05) is 24.3 Å². The van der Waals surface area contributed by atoms with E-state index in [1.807, 2.05) is 36.4 Å². The summed E-state index contributed by atoms with van der Waals surface area (Å²) in [6.07, 6.45) is 1.68. The molecule has 1 heterocycles. The number of para-hydroxylation sites is 2. The number of carbonyl (C=O) groups excluding carboxylic acids is 1. The minimum atomic E-state index is -0.0343. The van der Waals surface area contributed by atoms with Gasteiger partial charge < -0.3 is 9.47 Å². The fraction of sp³-hybridized carbons (Fsp3) is 0.150. The summed E-state index contributed by atoms with van der Waals surface area (Å²) in [5.74, 6) is 1.79. The summed E-state index contributed by atoms with van der Waals surface area (Å²) in [5.41, 5.74) is 2.09. The zero-order chi connectivity index (χ0) is 17.6. The molecule has 0 atom stereocenters. The van der Waals surface area contributed by atoms with Crippen LogP contribution in [0.4, 0.5) is 0 Å². The molecule has 0 N–H and O–H groups in total. The van der Waals surface area contributed by atoms with Gasteiger partial charge in [-0.2, -0.15) is 0 Å². The Morgan fingerprint density at radius 1 is 1.00 bits per heavy atom. The first-order chi connectivity index (χ1) is 12.2. The predicted octanol–water partition coefficient (Wildman–Crippen LogP) is 3.93. The Balaban J connectivity index is 1.83.